The summed E-state index contributed by atoms with van der Waals surface area (Å²) in [5.74, 6) is 0.702. The zero-order chi connectivity index (χ0) is 10.7. The Morgan fingerprint density at radius 2 is 2.33 bits per heavy atom. The lowest BCUT2D eigenvalue weighted by molar-refractivity contribution is 0.538. The molecule has 2 rings (SSSR count). The highest BCUT2D eigenvalue weighted by atomic mass is 14.8. The zero-order valence-electron chi connectivity index (χ0n) is 8.90. The number of rotatable bonds is 1. The van der Waals surface area contributed by atoms with Gasteiger partial charge in [-0.25, -0.2) is 0 Å². The van der Waals surface area contributed by atoms with Gasteiger partial charge in [-0.2, -0.15) is 5.26 Å². The second-order valence-corrected chi connectivity index (χ2v) is 4.12. The van der Waals surface area contributed by atoms with E-state index >= 15 is 0 Å². The molecule has 15 heavy (non-hydrogen) atoms. The van der Waals surface area contributed by atoms with Gasteiger partial charge in [0.1, 0.15) is 0 Å². The maximum atomic E-state index is 8.81. The molecule has 0 spiro atoms. The molecular formula is C13H14N2. The first-order valence-electron chi connectivity index (χ1n) is 5.33. The van der Waals surface area contributed by atoms with E-state index in [4.69, 9.17) is 5.26 Å². The minimum atomic E-state index is 0.702. The van der Waals surface area contributed by atoms with Crippen LogP contribution in [0.25, 0.3) is 0 Å². The maximum absolute atomic E-state index is 8.81. The van der Waals surface area contributed by atoms with Gasteiger partial charge < -0.3 is 0 Å². The van der Waals surface area contributed by atoms with Crippen molar-refractivity contribution in [1.82, 2.24) is 0 Å². The number of hydrogen-bond donors (Lipinski definition) is 0. The zero-order valence-corrected chi connectivity index (χ0v) is 8.90. The van der Waals surface area contributed by atoms with E-state index in [-0.39, 0.29) is 0 Å². The van der Waals surface area contributed by atoms with Crippen molar-refractivity contribution in [3.63, 3.8) is 0 Å². The average Bonchev–Trinajstić information content (AvgIpc) is 2.30. The van der Waals surface area contributed by atoms with Crippen LogP contribution in [0.3, 0.4) is 0 Å². The Morgan fingerprint density at radius 1 is 1.47 bits per heavy atom. The van der Waals surface area contributed by atoms with Gasteiger partial charge in [-0.3, -0.25) is 4.99 Å². The highest BCUT2D eigenvalue weighted by Crippen LogP contribution is 2.18. The molecule has 0 amide bonds. The molecular weight excluding hydrogens is 184 g/mol. The third-order valence-corrected chi connectivity index (χ3v) is 2.79. The van der Waals surface area contributed by atoms with E-state index in [0.29, 0.717) is 11.5 Å². The summed E-state index contributed by atoms with van der Waals surface area (Å²) in [4.78, 5) is 4.56. The van der Waals surface area contributed by atoms with Gasteiger partial charge in [-0.05, 0) is 36.5 Å². The van der Waals surface area contributed by atoms with E-state index in [2.05, 4.69) is 18.0 Å². The van der Waals surface area contributed by atoms with Gasteiger partial charge in [-0.15, -0.1) is 0 Å². The lowest BCUT2D eigenvalue weighted by Gasteiger charge is -2.17. The van der Waals surface area contributed by atoms with Gasteiger partial charge in [0.15, 0.2) is 0 Å². The molecule has 0 saturated heterocycles. The minimum Gasteiger partial charge on any atom is -0.289 e. The Kier molecular flexibility index (Phi) is 2.82. The van der Waals surface area contributed by atoms with Crippen molar-refractivity contribution in [3.05, 3.63) is 35.4 Å². The fourth-order valence-corrected chi connectivity index (χ4v) is 1.82. The highest BCUT2D eigenvalue weighted by Gasteiger charge is 2.12. The molecule has 0 bridgehead atoms. The number of nitrogens with zero attached hydrogens (tertiary/aromatic N) is 2. The predicted molar refractivity (Wildman–Crippen MR) is 61.0 cm³/mol. The van der Waals surface area contributed by atoms with Gasteiger partial charge >= 0.3 is 0 Å². The van der Waals surface area contributed by atoms with Crippen molar-refractivity contribution in [2.45, 2.75) is 19.8 Å². The number of nitriles is 1. The first kappa shape index (κ1) is 9.92. The first-order valence-corrected chi connectivity index (χ1v) is 5.33. The summed E-state index contributed by atoms with van der Waals surface area (Å²) in [6.07, 6.45) is 2.24. The topological polar surface area (TPSA) is 36.1 Å². The summed E-state index contributed by atoms with van der Waals surface area (Å²) in [7, 11) is 0. The van der Waals surface area contributed by atoms with Crippen LogP contribution in [0.4, 0.5) is 0 Å². The lowest BCUT2D eigenvalue weighted by Crippen LogP contribution is -2.14. The third kappa shape index (κ3) is 2.24. The van der Waals surface area contributed by atoms with Crippen LogP contribution in [0.2, 0.25) is 0 Å². The Balaban J connectivity index is 2.27. The van der Waals surface area contributed by atoms with Crippen LogP contribution in [0.15, 0.2) is 29.3 Å². The Labute approximate surface area is 90.3 Å². The van der Waals surface area contributed by atoms with Crippen molar-refractivity contribution in [1.29, 1.82) is 5.26 Å². The van der Waals surface area contributed by atoms with Crippen molar-refractivity contribution >= 4 is 5.71 Å². The fourth-order valence-electron chi connectivity index (χ4n) is 1.82. The number of aliphatic imine (C=N–C) groups is 1. The standard InChI is InChI=1S/C13H14N2/c1-10-5-6-13(15-9-10)12-4-2-3-11(7-12)8-14/h2-4,7,10H,5-6,9H2,1H3/t10-/m0/s1. The van der Waals surface area contributed by atoms with Crippen LogP contribution in [-0.4, -0.2) is 12.3 Å². The van der Waals surface area contributed by atoms with E-state index in [0.717, 1.165) is 24.2 Å². The third-order valence-electron chi connectivity index (χ3n) is 2.79. The van der Waals surface area contributed by atoms with Crippen LogP contribution in [0.1, 0.15) is 30.9 Å². The van der Waals surface area contributed by atoms with Crippen molar-refractivity contribution in [2.24, 2.45) is 10.9 Å². The summed E-state index contributed by atoms with van der Waals surface area (Å²) in [6.45, 7) is 3.15. The largest absolute Gasteiger partial charge is 0.289 e. The molecule has 1 heterocycles. The van der Waals surface area contributed by atoms with Crippen LogP contribution < -0.4 is 0 Å². The summed E-state index contributed by atoms with van der Waals surface area (Å²) in [6, 6.07) is 9.88. The van der Waals surface area contributed by atoms with Gasteiger partial charge in [0.25, 0.3) is 0 Å². The van der Waals surface area contributed by atoms with E-state index in [1.165, 1.54) is 6.42 Å². The number of hydrogen-bond acceptors (Lipinski definition) is 2. The molecule has 1 aliphatic rings. The molecule has 2 heteroatoms. The van der Waals surface area contributed by atoms with Gasteiger partial charge in [0, 0.05) is 12.3 Å². The molecule has 76 valence electrons. The maximum Gasteiger partial charge on any atom is 0.0991 e. The Hall–Kier alpha value is -1.62. The monoisotopic (exact) mass is 198 g/mol. The molecule has 1 atom stereocenters. The van der Waals surface area contributed by atoms with Crippen LogP contribution in [-0.2, 0) is 0 Å². The summed E-state index contributed by atoms with van der Waals surface area (Å²) in [5.41, 5.74) is 2.99. The van der Waals surface area contributed by atoms with Crippen molar-refractivity contribution in [2.75, 3.05) is 6.54 Å². The molecule has 0 fully saturated rings. The van der Waals surface area contributed by atoms with E-state index in [9.17, 15) is 0 Å². The van der Waals surface area contributed by atoms with Crippen LogP contribution in [0, 0.1) is 17.2 Å². The van der Waals surface area contributed by atoms with Crippen molar-refractivity contribution < 1.29 is 0 Å². The molecule has 0 saturated carbocycles. The lowest BCUT2D eigenvalue weighted by atomic mass is 9.95. The molecule has 0 unspecified atom stereocenters. The fraction of sp³-hybridized carbons (Fsp3) is 0.385. The van der Waals surface area contributed by atoms with Crippen LogP contribution in [0.5, 0.6) is 0 Å². The molecule has 0 aromatic heterocycles. The molecule has 0 radical (unpaired) electrons. The second kappa shape index (κ2) is 4.27. The Morgan fingerprint density at radius 3 is 3.00 bits per heavy atom. The van der Waals surface area contributed by atoms with Gasteiger partial charge in [0.2, 0.25) is 0 Å². The molecule has 1 aromatic rings. The van der Waals surface area contributed by atoms with Crippen molar-refractivity contribution in [3.8, 4) is 6.07 Å². The molecule has 2 nitrogen and oxygen atoms in total. The van der Waals surface area contributed by atoms with Gasteiger partial charge in [0.05, 0.1) is 11.6 Å². The quantitative estimate of drug-likeness (QED) is 0.683. The smallest absolute Gasteiger partial charge is 0.0991 e. The molecule has 0 N–H and O–H groups in total. The summed E-state index contributed by atoms with van der Waals surface area (Å²) >= 11 is 0. The molecule has 1 aromatic carbocycles. The Bertz CT molecular complexity index is 426. The normalized spacial score (nSPS) is 20.5. The number of benzene rings is 1. The van der Waals surface area contributed by atoms with E-state index in [1.807, 2.05) is 24.3 Å². The summed E-state index contributed by atoms with van der Waals surface area (Å²) in [5, 5.41) is 8.81. The van der Waals surface area contributed by atoms with E-state index < -0.39 is 0 Å². The summed E-state index contributed by atoms with van der Waals surface area (Å²) < 4.78 is 0. The van der Waals surface area contributed by atoms with Crippen LogP contribution >= 0.6 is 0 Å². The highest BCUT2D eigenvalue weighted by molar-refractivity contribution is 6.01. The SMILES string of the molecule is C[C@H]1CCC(c2cccc(C#N)c2)=NC1. The van der Waals surface area contributed by atoms with E-state index in [1.54, 1.807) is 0 Å². The molecule has 1 aliphatic heterocycles. The first-order chi connectivity index (χ1) is 7.29. The molecule has 0 aliphatic carbocycles. The minimum absolute atomic E-state index is 0.702. The average molecular weight is 198 g/mol. The van der Waals surface area contributed by atoms with Gasteiger partial charge in [-0.1, -0.05) is 19.1 Å². The predicted octanol–water partition coefficient (Wildman–Crippen LogP) is 2.78. The second-order valence-electron chi connectivity index (χ2n) is 4.12.